The van der Waals surface area contributed by atoms with Crippen LogP contribution in [0.15, 0.2) is 18.2 Å². The van der Waals surface area contributed by atoms with Crippen LogP contribution < -0.4 is 15.2 Å². The lowest BCUT2D eigenvalue weighted by atomic mass is 10.2. The predicted octanol–water partition coefficient (Wildman–Crippen LogP) is 2.85. The lowest BCUT2D eigenvalue weighted by Gasteiger charge is -2.12. The molecule has 1 rings (SSSR count). The Morgan fingerprint density at radius 2 is 2.06 bits per heavy atom. The van der Waals surface area contributed by atoms with Crippen LogP contribution in [-0.2, 0) is 0 Å². The molecule has 0 fully saturated rings. The largest absolute Gasteiger partial charge is 0.490 e. The van der Waals surface area contributed by atoms with Gasteiger partial charge in [0.25, 0.3) is 0 Å². The van der Waals surface area contributed by atoms with Gasteiger partial charge in [0.05, 0.1) is 13.2 Å². The third kappa shape index (κ3) is 4.74. The van der Waals surface area contributed by atoms with Gasteiger partial charge in [-0.05, 0) is 30.9 Å². The van der Waals surface area contributed by atoms with Crippen LogP contribution in [0.25, 0.3) is 0 Å². The first kappa shape index (κ1) is 15.1. The molecule has 0 radical (unpaired) electrons. The first-order chi connectivity index (χ1) is 8.69. The summed E-state index contributed by atoms with van der Waals surface area (Å²) in [5.41, 5.74) is 6.40. The highest BCUT2D eigenvalue weighted by Gasteiger charge is 2.07. The number of hydrogen-bond donors (Lipinski definition) is 1. The van der Waals surface area contributed by atoms with E-state index in [0.717, 1.165) is 22.8 Å². The fraction of sp³-hybridized carbons (Fsp3) is 0.462. The van der Waals surface area contributed by atoms with Crippen molar-refractivity contribution in [2.24, 2.45) is 5.73 Å². The molecule has 2 N–H and O–H groups in total. The second-order valence-corrected chi connectivity index (χ2v) is 5.34. The molecule has 0 aliphatic carbocycles. The van der Waals surface area contributed by atoms with E-state index in [-0.39, 0.29) is 0 Å². The van der Waals surface area contributed by atoms with Gasteiger partial charge in [-0.3, -0.25) is 0 Å². The Bertz CT molecular complexity index is 397. The molecule has 0 saturated carbocycles. The normalized spacial score (nSPS) is 10.1. The summed E-state index contributed by atoms with van der Waals surface area (Å²) in [4.78, 5) is 0.365. The molecule has 0 amide bonds. The Hall–Kier alpha value is -0.940. The number of thioether (sulfide) groups is 1. The third-order valence-corrected chi connectivity index (χ3v) is 3.32. The van der Waals surface area contributed by atoms with Crippen LogP contribution in [0.3, 0.4) is 0 Å². The second kappa shape index (κ2) is 8.21. The average molecular weight is 285 g/mol. The quantitative estimate of drug-likeness (QED) is 0.588. The fourth-order valence-electron chi connectivity index (χ4n) is 1.40. The number of ether oxygens (including phenoxy) is 2. The molecule has 18 heavy (non-hydrogen) atoms. The molecule has 0 saturated heterocycles. The van der Waals surface area contributed by atoms with Gasteiger partial charge in [-0.2, -0.15) is 11.8 Å². The molecule has 0 aromatic heterocycles. The first-order valence-corrected chi connectivity index (χ1v) is 7.52. The van der Waals surface area contributed by atoms with E-state index in [1.165, 1.54) is 0 Å². The van der Waals surface area contributed by atoms with Gasteiger partial charge in [-0.15, -0.1) is 0 Å². The molecule has 1 aromatic rings. The maximum atomic E-state index is 5.70. The smallest absolute Gasteiger partial charge is 0.161 e. The number of hydrogen-bond acceptors (Lipinski definition) is 4. The molecule has 0 aliphatic rings. The molecule has 0 bridgehead atoms. The summed E-state index contributed by atoms with van der Waals surface area (Å²) in [5.74, 6) is 3.51. The van der Waals surface area contributed by atoms with Crippen molar-refractivity contribution in [3.8, 4) is 11.5 Å². The van der Waals surface area contributed by atoms with Gasteiger partial charge in [0.2, 0.25) is 0 Å². The standard InChI is InChI=1S/C13H19NO2S2/c1-3-15-12-9-10(13(14)17)5-6-11(12)16-7-8-18-4-2/h5-6,9H,3-4,7-8H2,1-2H3,(H2,14,17). The lowest BCUT2D eigenvalue weighted by molar-refractivity contribution is 0.289. The Morgan fingerprint density at radius 1 is 1.28 bits per heavy atom. The minimum Gasteiger partial charge on any atom is -0.490 e. The Kier molecular flexibility index (Phi) is 6.90. The van der Waals surface area contributed by atoms with Gasteiger partial charge in [0.1, 0.15) is 4.99 Å². The van der Waals surface area contributed by atoms with Gasteiger partial charge < -0.3 is 15.2 Å². The highest BCUT2D eigenvalue weighted by atomic mass is 32.2. The van der Waals surface area contributed by atoms with Gasteiger partial charge >= 0.3 is 0 Å². The molecule has 5 heteroatoms. The number of thiocarbonyl (C=S) groups is 1. The summed E-state index contributed by atoms with van der Waals surface area (Å²) in [7, 11) is 0. The fourth-order valence-corrected chi connectivity index (χ4v) is 2.02. The van der Waals surface area contributed by atoms with Crippen molar-refractivity contribution in [1.29, 1.82) is 0 Å². The Balaban J connectivity index is 2.73. The van der Waals surface area contributed by atoms with E-state index in [2.05, 4.69) is 6.92 Å². The summed E-state index contributed by atoms with van der Waals surface area (Å²) in [6.45, 7) is 5.32. The molecule has 0 aliphatic heterocycles. The molecule has 0 atom stereocenters. The third-order valence-electron chi connectivity index (χ3n) is 2.22. The van der Waals surface area contributed by atoms with Crippen LogP contribution in [0.1, 0.15) is 19.4 Å². The summed E-state index contributed by atoms with van der Waals surface area (Å²) in [6, 6.07) is 5.54. The van der Waals surface area contributed by atoms with Crippen LogP contribution in [0.2, 0.25) is 0 Å². The predicted molar refractivity (Wildman–Crippen MR) is 82.0 cm³/mol. The van der Waals surface area contributed by atoms with E-state index < -0.39 is 0 Å². The van der Waals surface area contributed by atoms with Crippen molar-refractivity contribution in [2.75, 3.05) is 24.7 Å². The second-order valence-electron chi connectivity index (χ2n) is 3.50. The average Bonchev–Trinajstić information content (AvgIpc) is 2.36. The topological polar surface area (TPSA) is 44.5 Å². The van der Waals surface area contributed by atoms with Crippen LogP contribution in [0.5, 0.6) is 11.5 Å². The van der Waals surface area contributed by atoms with E-state index in [4.69, 9.17) is 27.4 Å². The maximum Gasteiger partial charge on any atom is 0.161 e. The van der Waals surface area contributed by atoms with Gasteiger partial charge in [-0.1, -0.05) is 19.1 Å². The summed E-state index contributed by atoms with van der Waals surface area (Å²) >= 11 is 6.80. The van der Waals surface area contributed by atoms with Crippen molar-refractivity contribution in [3.63, 3.8) is 0 Å². The highest BCUT2D eigenvalue weighted by molar-refractivity contribution is 7.99. The molecule has 3 nitrogen and oxygen atoms in total. The van der Waals surface area contributed by atoms with Gasteiger partial charge in [0.15, 0.2) is 11.5 Å². The van der Waals surface area contributed by atoms with E-state index in [0.29, 0.717) is 24.0 Å². The number of benzene rings is 1. The van der Waals surface area contributed by atoms with Crippen LogP contribution in [0.4, 0.5) is 0 Å². The maximum absolute atomic E-state index is 5.70. The van der Waals surface area contributed by atoms with Gasteiger partial charge in [0, 0.05) is 11.3 Å². The molecule has 0 spiro atoms. The molecule has 1 aromatic carbocycles. The first-order valence-electron chi connectivity index (χ1n) is 5.96. The molecule has 0 unspecified atom stereocenters. The van der Waals surface area contributed by atoms with Crippen LogP contribution >= 0.6 is 24.0 Å². The van der Waals surface area contributed by atoms with E-state index in [9.17, 15) is 0 Å². The minimum absolute atomic E-state index is 0.365. The van der Waals surface area contributed by atoms with E-state index in [1.54, 1.807) is 0 Å². The Labute approximate surface area is 118 Å². The van der Waals surface area contributed by atoms with E-state index >= 15 is 0 Å². The van der Waals surface area contributed by atoms with Crippen molar-refractivity contribution in [3.05, 3.63) is 23.8 Å². The van der Waals surface area contributed by atoms with Crippen molar-refractivity contribution in [2.45, 2.75) is 13.8 Å². The molecular formula is C13H19NO2S2. The van der Waals surface area contributed by atoms with Crippen LogP contribution in [0, 0.1) is 0 Å². The van der Waals surface area contributed by atoms with Gasteiger partial charge in [-0.25, -0.2) is 0 Å². The Morgan fingerprint density at radius 3 is 2.67 bits per heavy atom. The molecular weight excluding hydrogens is 266 g/mol. The molecule has 100 valence electrons. The minimum atomic E-state index is 0.365. The molecule has 0 heterocycles. The van der Waals surface area contributed by atoms with Crippen molar-refractivity contribution in [1.82, 2.24) is 0 Å². The van der Waals surface area contributed by atoms with Crippen molar-refractivity contribution < 1.29 is 9.47 Å². The lowest BCUT2D eigenvalue weighted by Crippen LogP contribution is -2.10. The summed E-state index contributed by atoms with van der Waals surface area (Å²) < 4.78 is 11.2. The van der Waals surface area contributed by atoms with Crippen LogP contribution in [-0.4, -0.2) is 29.7 Å². The zero-order valence-corrected chi connectivity index (χ0v) is 12.4. The SMILES string of the molecule is CCOc1cc(C(N)=S)ccc1OCCSCC. The zero-order chi connectivity index (χ0) is 13.4. The highest BCUT2D eigenvalue weighted by Crippen LogP contribution is 2.28. The zero-order valence-electron chi connectivity index (χ0n) is 10.8. The van der Waals surface area contributed by atoms with E-state index in [1.807, 2.05) is 36.9 Å². The summed E-state index contributed by atoms with van der Waals surface area (Å²) in [6.07, 6.45) is 0. The number of rotatable bonds is 8. The monoisotopic (exact) mass is 285 g/mol. The number of nitrogens with two attached hydrogens (primary N) is 1. The van der Waals surface area contributed by atoms with Crippen molar-refractivity contribution >= 4 is 29.0 Å². The summed E-state index contributed by atoms with van der Waals surface area (Å²) in [5, 5.41) is 0.